The fourth-order valence-corrected chi connectivity index (χ4v) is 2.74. The lowest BCUT2D eigenvalue weighted by Crippen LogP contribution is -2.25. The van der Waals surface area contributed by atoms with Gasteiger partial charge in [-0.2, -0.15) is 0 Å². The normalized spacial score (nSPS) is 11.2. The van der Waals surface area contributed by atoms with Crippen LogP contribution in [0, 0.1) is 5.82 Å². The largest absolute Gasteiger partial charge is 0.395 e. The summed E-state index contributed by atoms with van der Waals surface area (Å²) in [6, 6.07) is 8.87. The van der Waals surface area contributed by atoms with Gasteiger partial charge in [0.2, 0.25) is 0 Å². The smallest absolute Gasteiger partial charge is 0.142 e. The molecule has 1 N–H and O–H groups in total. The van der Waals surface area contributed by atoms with Crippen LogP contribution < -0.4 is 0 Å². The first kappa shape index (κ1) is 14.5. The summed E-state index contributed by atoms with van der Waals surface area (Å²) in [6.07, 6.45) is 0. The van der Waals surface area contributed by atoms with Crippen LogP contribution in [0.1, 0.15) is 10.4 Å². The van der Waals surface area contributed by atoms with Gasteiger partial charge in [-0.25, -0.2) is 4.39 Å². The van der Waals surface area contributed by atoms with Gasteiger partial charge in [0, 0.05) is 24.5 Å². The molecule has 0 atom stereocenters. The van der Waals surface area contributed by atoms with Gasteiger partial charge < -0.3 is 5.11 Å². The Balaban J connectivity index is 2.05. The zero-order valence-electron chi connectivity index (χ0n) is 10.4. The molecule has 0 fully saturated rings. The number of nitrogens with zero attached hydrogens (tertiary/aromatic N) is 1. The Morgan fingerprint density at radius 2 is 2.11 bits per heavy atom. The highest BCUT2D eigenvalue weighted by Gasteiger charge is 2.09. The van der Waals surface area contributed by atoms with Crippen molar-refractivity contribution in [3.63, 3.8) is 0 Å². The highest BCUT2D eigenvalue weighted by Crippen LogP contribution is 2.18. The van der Waals surface area contributed by atoms with Gasteiger partial charge in [0.1, 0.15) is 5.82 Å². The van der Waals surface area contributed by atoms with Gasteiger partial charge >= 0.3 is 0 Å². The van der Waals surface area contributed by atoms with Gasteiger partial charge in [-0.1, -0.05) is 23.7 Å². The van der Waals surface area contributed by atoms with Gasteiger partial charge in [-0.3, -0.25) is 4.90 Å². The SMILES string of the molecule is OCCN(Cc1ccc(Cl)c(F)c1)Cc1cccs1. The Bertz CT molecular complexity index is 518. The Labute approximate surface area is 121 Å². The van der Waals surface area contributed by atoms with Crippen molar-refractivity contribution in [2.24, 2.45) is 0 Å². The predicted octanol–water partition coefficient (Wildman–Crippen LogP) is 3.54. The molecule has 0 bridgehead atoms. The van der Waals surface area contributed by atoms with Crippen LogP contribution in [0.3, 0.4) is 0 Å². The number of aliphatic hydroxyl groups is 1. The molecule has 1 aromatic carbocycles. The van der Waals surface area contributed by atoms with Gasteiger partial charge in [-0.15, -0.1) is 11.3 Å². The van der Waals surface area contributed by atoms with Crippen molar-refractivity contribution in [1.82, 2.24) is 4.90 Å². The van der Waals surface area contributed by atoms with Crippen molar-refractivity contribution in [3.8, 4) is 0 Å². The number of hydrogen-bond acceptors (Lipinski definition) is 3. The average Bonchev–Trinajstić information content (AvgIpc) is 2.87. The van der Waals surface area contributed by atoms with Crippen LogP contribution in [-0.2, 0) is 13.1 Å². The third-order valence-corrected chi connectivity index (χ3v) is 3.93. The summed E-state index contributed by atoms with van der Waals surface area (Å²) in [7, 11) is 0. The molecule has 0 aliphatic carbocycles. The lowest BCUT2D eigenvalue weighted by atomic mass is 10.2. The van der Waals surface area contributed by atoms with Crippen molar-refractivity contribution in [2.75, 3.05) is 13.2 Å². The van der Waals surface area contributed by atoms with E-state index in [4.69, 9.17) is 16.7 Å². The van der Waals surface area contributed by atoms with E-state index in [1.54, 1.807) is 17.4 Å². The van der Waals surface area contributed by atoms with E-state index in [9.17, 15) is 4.39 Å². The first-order valence-corrected chi connectivity index (χ1v) is 7.24. The van der Waals surface area contributed by atoms with E-state index in [2.05, 4.69) is 11.0 Å². The van der Waals surface area contributed by atoms with Gasteiger partial charge in [-0.05, 0) is 29.1 Å². The second-order valence-electron chi connectivity index (χ2n) is 4.26. The molecule has 0 amide bonds. The third kappa shape index (κ3) is 4.28. The molecule has 2 nitrogen and oxygen atoms in total. The molecule has 0 aliphatic heterocycles. The maximum Gasteiger partial charge on any atom is 0.142 e. The summed E-state index contributed by atoms with van der Waals surface area (Å²) in [6.45, 7) is 1.98. The molecule has 2 aromatic rings. The highest BCUT2D eigenvalue weighted by atomic mass is 35.5. The molecular weight excluding hydrogens is 285 g/mol. The quantitative estimate of drug-likeness (QED) is 0.882. The molecular formula is C14H15ClFNOS. The topological polar surface area (TPSA) is 23.5 Å². The minimum Gasteiger partial charge on any atom is -0.395 e. The summed E-state index contributed by atoms with van der Waals surface area (Å²) in [5.41, 5.74) is 0.854. The van der Waals surface area contributed by atoms with Crippen LogP contribution in [0.25, 0.3) is 0 Å². The molecule has 0 saturated heterocycles. The maximum atomic E-state index is 13.4. The number of halogens is 2. The fraction of sp³-hybridized carbons (Fsp3) is 0.286. The molecule has 5 heteroatoms. The van der Waals surface area contributed by atoms with Crippen LogP contribution in [0.5, 0.6) is 0 Å². The molecule has 0 radical (unpaired) electrons. The molecule has 0 aliphatic rings. The Morgan fingerprint density at radius 1 is 1.26 bits per heavy atom. The molecule has 19 heavy (non-hydrogen) atoms. The van der Waals surface area contributed by atoms with Crippen molar-refractivity contribution >= 4 is 22.9 Å². The van der Waals surface area contributed by atoms with Crippen molar-refractivity contribution in [1.29, 1.82) is 0 Å². The third-order valence-electron chi connectivity index (χ3n) is 2.77. The van der Waals surface area contributed by atoms with E-state index >= 15 is 0 Å². The zero-order chi connectivity index (χ0) is 13.7. The first-order chi connectivity index (χ1) is 9.19. The lowest BCUT2D eigenvalue weighted by molar-refractivity contribution is 0.185. The molecule has 0 spiro atoms. The van der Waals surface area contributed by atoms with Crippen molar-refractivity contribution in [2.45, 2.75) is 13.1 Å². The van der Waals surface area contributed by atoms with Crippen LogP contribution in [-0.4, -0.2) is 23.2 Å². The van der Waals surface area contributed by atoms with E-state index in [1.807, 2.05) is 17.5 Å². The average molecular weight is 300 g/mol. The minimum absolute atomic E-state index is 0.0848. The predicted molar refractivity (Wildman–Crippen MR) is 76.9 cm³/mol. The van der Waals surface area contributed by atoms with E-state index in [0.717, 1.165) is 12.1 Å². The van der Waals surface area contributed by atoms with Gasteiger partial charge in [0.25, 0.3) is 0 Å². The molecule has 0 saturated carbocycles. The lowest BCUT2D eigenvalue weighted by Gasteiger charge is -2.20. The minimum atomic E-state index is -0.403. The number of benzene rings is 1. The summed E-state index contributed by atoms with van der Waals surface area (Å²) < 4.78 is 13.4. The number of thiophene rings is 1. The summed E-state index contributed by atoms with van der Waals surface area (Å²) in [5, 5.41) is 11.3. The number of aliphatic hydroxyl groups excluding tert-OH is 1. The Morgan fingerprint density at radius 3 is 2.74 bits per heavy atom. The summed E-state index contributed by atoms with van der Waals surface area (Å²) in [5.74, 6) is -0.403. The molecule has 102 valence electrons. The molecule has 2 rings (SSSR count). The summed E-state index contributed by atoms with van der Waals surface area (Å²) >= 11 is 7.34. The fourth-order valence-electron chi connectivity index (χ4n) is 1.87. The highest BCUT2D eigenvalue weighted by molar-refractivity contribution is 7.09. The monoisotopic (exact) mass is 299 g/mol. The number of rotatable bonds is 6. The van der Waals surface area contributed by atoms with Crippen molar-refractivity contribution < 1.29 is 9.50 Å². The van der Waals surface area contributed by atoms with E-state index in [1.165, 1.54) is 10.9 Å². The Hall–Kier alpha value is -0.940. The zero-order valence-corrected chi connectivity index (χ0v) is 11.9. The first-order valence-electron chi connectivity index (χ1n) is 5.98. The van der Waals surface area contributed by atoms with E-state index < -0.39 is 5.82 Å². The van der Waals surface area contributed by atoms with E-state index in [-0.39, 0.29) is 11.6 Å². The van der Waals surface area contributed by atoms with Crippen molar-refractivity contribution in [3.05, 3.63) is 57.0 Å². The molecule has 1 aromatic heterocycles. The number of hydrogen-bond donors (Lipinski definition) is 1. The standard InChI is InChI=1S/C14H15ClFNOS/c15-13-4-3-11(8-14(13)16)9-17(5-6-18)10-12-2-1-7-19-12/h1-4,7-8,18H,5-6,9-10H2. The van der Waals surface area contributed by atoms with Crippen LogP contribution in [0.4, 0.5) is 4.39 Å². The second kappa shape index (κ2) is 7.01. The maximum absolute atomic E-state index is 13.4. The van der Waals surface area contributed by atoms with E-state index in [0.29, 0.717) is 13.1 Å². The van der Waals surface area contributed by atoms with Gasteiger partial charge in [0.15, 0.2) is 0 Å². The Kier molecular flexibility index (Phi) is 5.34. The second-order valence-corrected chi connectivity index (χ2v) is 5.70. The van der Waals surface area contributed by atoms with Crippen LogP contribution in [0.15, 0.2) is 35.7 Å². The van der Waals surface area contributed by atoms with Crippen LogP contribution in [0.2, 0.25) is 5.02 Å². The molecule has 1 heterocycles. The summed E-state index contributed by atoms with van der Waals surface area (Å²) in [4.78, 5) is 3.30. The van der Waals surface area contributed by atoms with Crippen LogP contribution >= 0.6 is 22.9 Å². The molecule has 0 unspecified atom stereocenters. The van der Waals surface area contributed by atoms with Gasteiger partial charge in [0.05, 0.1) is 11.6 Å².